The van der Waals surface area contributed by atoms with Crippen molar-refractivity contribution in [2.75, 3.05) is 5.75 Å². The van der Waals surface area contributed by atoms with Crippen molar-refractivity contribution in [3.8, 4) is 5.69 Å². The standard InChI is InChI=1S/C15H11FN4O2S/c16-12-8-6-11(7-9-12)14(21)10-23(22)15-17-18-19-20(15)13-4-2-1-3-5-13/h1-9H,10H2. The molecule has 0 fully saturated rings. The van der Waals surface area contributed by atoms with E-state index in [9.17, 15) is 13.4 Å². The molecule has 3 aromatic rings. The van der Waals surface area contributed by atoms with E-state index in [2.05, 4.69) is 15.5 Å². The number of Topliss-reactive ketones (excluding diaryl/α,β-unsaturated/α-hetero) is 1. The Kier molecular flexibility index (Phi) is 4.33. The molecule has 0 aliphatic carbocycles. The maximum absolute atomic E-state index is 12.9. The van der Waals surface area contributed by atoms with Crippen LogP contribution in [0.5, 0.6) is 0 Å². The summed E-state index contributed by atoms with van der Waals surface area (Å²) in [5, 5.41) is 11.2. The number of hydrogen-bond acceptors (Lipinski definition) is 5. The summed E-state index contributed by atoms with van der Waals surface area (Å²) in [6.45, 7) is 0. The molecule has 1 atom stereocenters. The van der Waals surface area contributed by atoms with E-state index in [1.165, 1.54) is 28.9 Å². The van der Waals surface area contributed by atoms with Crippen LogP contribution in [0.1, 0.15) is 10.4 Å². The molecule has 0 aliphatic heterocycles. The predicted molar refractivity (Wildman–Crippen MR) is 81.2 cm³/mol. The summed E-state index contributed by atoms with van der Waals surface area (Å²) in [6, 6.07) is 14.0. The monoisotopic (exact) mass is 330 g/mol. The van der Waals surface area contributed by atoms with Crippen LogP contribution in [0.25, 0.3) is 5.69 Å². The zero-order valence-electron chi connectivity index (χ0n) is 11.8. The summed E-state index contributed by atoms with van der Waals surface area (Å²) in [7, 11) is -1.72. The molecule has 1 unspecified atom stereocenters. The lowest BCUT2D eigenvalue weighted by Gasteiger charge is -2.04. The number of halogens is 1. The van der Waals surface area contributed by atoms with Gasteiger partial charge >= 0.3 is 0 Å². The van der Waals surface area contributed by atoms with Crippen molar-refractivity contribution < 1.29 is 13.4 Å². The van der Waals surface area contributed by atoms with Gasteiger partial charge in [-0.25, -0.2) is 4.39 Å². The minimum Gasteiger partial charge on any atom is -0.293 e. The fourth-order valence-electron chi connectivity index (χ4n) is 1.95. The van der Waals surface area contributed by atoms with Crippen LogP contribution in [0.3, 0.4) is 0 Å². The fraction of sp³-hybridized carbons (Fsp3) is 0.0667. The van der Waals surface area contributed by atoms with Crippen molar-refractivity contribution in [2.24, 2.45) is 0 Å². The SMILES string of the molecule is O=C(CS(=O)c1nnnn1-c1ccccc1)c1ccc(F)cc1. The fourth-order valence-corrected chi connectivity index (χ4v) is 2.95. The highest BCUT2D eigenvalue weighted by molar-refractivity contribution is 7.85. The quantitative estimate of drug-likeness (QED) is 0.667. The molecular formula is C15H11FN4O2S. The number of para-hydroxylation sites is 1. The Hall–Kier alpha value is -2.74. The number of carbonyl (C=O) groups excluding carboxylic acids is 1. The normalized spacial score (nSPS) is 12.0. The van der Waals surface area contributed by atoms with Crippen LogP contribution in [-0.4, -0.2) is 36.0 Å². The van der Waals surface area contributed by atoms with E-state index in [-0.39, 0.29) is 16.7 Å². The van der Waals surface area contributed by atoms with E-state index in [0.29, 0.717) is 11.3 Å². The molecule has 0 bridgehead atoms. The molecule has 0 amide bonds. The third-order valence-corrected chi connectivity index (χ3v) is 4.26. The molecule has 0 N–H and O–H groups in total. The Labute approximate surface area is 133 Å². The van der Waals surface area contributed by atoms with Crippen LogP contribution in [0.2, 0.25) is 0 Å². The zero-order valence-corrected chi connectivity index (χ0v) is 12.6. The minimum atomic E-state index is -1.72. The zero-order chi connectivity index (χ0) is 16.2. The highest BCUT2D eigenvalue weighted by Crippen LogP contribution is 2.12. The molecule has 0 radical (unpaired) electrons. The van der Waals surface area contributed by atoms with Gasteiger partial charge in [0.05, 0.1) is 11.4 Å². The van der Waals surface area contributed by atoms with Crippen molar-refractivity contribution in [3.63, 3.8) is 0 Å². The lowest BCUT2D eigenvalue weighted by molar-refractivity contribution is 0.102. The Balaban J connectivity index is 1.81. The predicted octanol–water partition coefficient (Wildman–Crippen LogP) is 1.79. The largest absolute Gasteiger partial charge is 0.293 e. The molecule has 23 heavy (non-hydrogen) atoms. The number of carbonyl (C=O) groups is 1. The first-order valence-electron chi connectivity index (χ1n) is 6.66. The number of benzene rings is 2. The lowest BCUT2D eigenvalue weighted by atomic mass is 10.1. The van der Waals surface area contributed by atoms with Gasteiger partial charge < -0.3 is 0 Å². The van der Waals surface area contributed by atoms with Gasteiger partial charge in [-0.2, -0.15) is 4.68 Å². The third-order valence-electron chi connectivity index (χ3n) is 3.07. The number of ketones is 1. The Morgan fingerprint density at radius 3 is 2.48 bits per heavy atom. The minimum absolute atomic E-state index is 0.0895. The number of aromatic nitrogens is 4. The first-order chi connectivity index (χ1) is 11.1. The number of tetrazole rings is 1. The van der Waals surface area contributed by atoms with Crippen LogP contribution in [-0.2, 0) is 10.8 Å². The van der Waals surface area contributed by atoms with Crippen molar-refractivity contribution in [1.82, 2.24) is 20.2 Å². The van der Waals surface area contributed by atoms with Crippen molar-refractivity contribution in [3.05, 3.63) is 66.0 Å². The molecule has 8 heteroatoms. The summed E-state index contributed by atoms with van der Waals surface area (Å²) in [5.41, 5.74) is 0.938. The van der Waals surface area contributed by atoms with Crippen molar-refractivity contribution in [2.45, 2.75) is 5.16 Å². The van der Waals surface area contributed by atoms with Gasteiger partial charge in [-0.3, -0.25) is 9.00 Å². The van der Waals surface area contributed by atoms with E-state index >= 15 is 0 Å². The summed E-state index contributed by atoms with van der Waals surface area (Å²) in [4.78, 5) is 12.1. The second-order valence-electron chi connectivity index (χ2n) is 4.63. The highest BCUT2D eigenvalue weighted by atomic mass is 32.2. The molecule has 1 aromatic heterocycles. The Morgan fingerprint density at radius 1 is 1.09 bits per heavy atom. The molecule has 0 aliphatic rings. The van der Waals surface area contributed by atoms with Crippen LogP contribution < -0.4 is 0 Å². The molecule has 3 rings (SSSR count). The average Bonchev–Trinajstić information content (AvgIpc) is 3.06. The first kappa shape index (κ1) is 15.2. The van der Waals surface area contributed by atoms with Crippen molar-refractivity contribution in [1.29, 1.82) is 0 Å². The van der Waals surface area contributed by atoms with E-state index in [4.69, 9.17) is 0 Å². The van der Waals surface area contributed by atoms with Gasteiger partial charge in [0.15, 0.2) is 5.78 Å². The maximum atomic E-state index is 12.9. The van der Waals surface area contributed by atoms with E-state index < -0.39 is 16.6 Å². The Morgan fingerprint density at radius 2 is 1.78 bits per heavy atom. The van der Waals surface area contributed by atoms with E-state index in [1.807, 2.05) is 6.07 Å². The van der Waals surface area contributed by atoms with E-state index in [0.717, 1.165) is 0 Å². The highest BCUT2D eigenvalue weighted by Gasteiger charge is 2.19. The average molecular weight is 330 g/mol. The smallest absolute Gasteiger partial charge is 0.244 e. The van der Waals surface area contributed by atoms with Gasteiger partial charge in [-0.1, -0.05) is 23.3 Å². The second-order valence-corrected chi connectivity index (χ2v) is 5.97. The summed E-state index contributed by atoms with van der Waals surface area (Å²) in [6.07, 6.45) is 0. The number of hydrogen-bond donors (Lipinski definition) is 0. The Bertz CT molecular complexity index is 849. The third kappa shape index (κ3) is 3.37. The molecule has 6 nitrogen and oxygen atoms in total. The summed E-state index contributed by atoms with van der Waals surface area (Å²) < 4.78 is 26.6. The lowest BCUT2D eigenvalue weighted by Crippen LogP contribution is -2.15. The van der Waals surface area contributed by atoms with Gasteiger partial charge in [0.1, 0.15) is 16.6 Å². The van der Waals surface area contributed by atoms with Gasteiger partial charge in [0.25, 0.3) is 0 Å². The summed E-state index contributed by atoms with van der Waals surface area (Å²) in [5.74, 6) is -1.08. The number of rotatable bonds is 5. The molecule has 0 saturated carbocycles. The van der Waals surface area contributed by atoms with Crippen molar-refractivity contribution >= 4 is 16.6 Å². The topological polar surface area (TPSA) is 77.7 Å². The van der Waals surface area contributed by atoms with Crippen LogP contribution in [0, 0.1) is 5.82 Å². The van der Waals surface area contributed by atoms with Gasteiger partial charge in [0, 0.05) is 5.56 Å². The van der Waals surface area contributed by atoms with Gasteiger partial charge in [-0.15, -0.1) is 0 Å². The number of nitrogens with zero attached hydrogens (tertiary/aromatic N) is 4. The molecule has 116 valence electrons. The summed E-state index contributed by atoms with van der Waals surface area (Å²) >= 11 is 0. The van der Waals surface area contributed by atoms with Crippen LogP contribution >= 0.6 is 0 Å². The first-order valence-corrected chi connectivity index (χ1v) is 7.98. The molecule has 1 heterocycles. The van der Waals surface area contributed by atoms with Crippen LogP contribution in [0.4, 0.5) is 4.39 Å². The second kappa shape index (κ2) is 6.57. The van der Waals surface area contributed by atoms with E-state index in [1.54, 1.807) is 24.3 Å². The molecule has 0 saturated heterocycles. The molecule has 0 spiro atoms. The van der Waals surface area contributed by atoms with Crippen LogP contribution in [0.15, 0.2) is 59.8 Å². The van der Waals surface area contributed by atoms with Gasteiger partial charge in [0.2, 0.25) is 5.16 Å². The van der Waals surface area contributed by atoms with Gasteiger partial charge in [-0.05, 0) is 46.8 Å². The maximum Gasteiger partial charge on any atom is 0.244 e. The molecule has 2 aromatic carbocycles. The molecular weight excluding hydrogens is 319 g/mol.